The van der Waals surface area contributed by atoms with Crippen molar-refractivity contribution in [1.82, 2.24) is 9.80 Å². The Hall–Kier alpha value is -1.88. The molecular formula is C21H31N3O2. The molecule has 1 aliphatic heterocycles. The van der Waals surface area contributed by atoms with Crippen molar-refractivity contribution < 1.29 is 9.59 Å². The van der Waals surface area contributed by atoms with Crippen molar-refractivity contribution in [2.45, 2.75) is 50.5 Å². The summed E-state index contributed by atoms with van der Waals surface area (Å²) in [7, 11) is 4.34. The van der Waals surface area contributed by atoms with E-state index in [1.807, 2.05) is 4.90 Å². The van der Waals surface area contributed by atoms with E-state index >= 15 is 0 Å². The van der Waals surface area contributed by atoms with E-state index in [1.54, 1.807) is 0 Å². The lowest BCUT2D eigenvalue weighted by Gasteiger charge is -2.48. The molecule has 142 valence electrons. The first-order valence-electron chi connectivity index (χ1n) is 9.66. The third-order valence-electron chi connectivity index (χ3n) is 6.56. The van der Waals surface area contributed by atoms with Crippen molar-refractivity contribution in [3.63, 3.8) is 0 Å². The van der Waals surface area contributed by atoms with E-state index in [0.29, 0.717) is 25.8 Å². The summed E-state index contributed by atoms with van der Waals surface area (Å²) in [6.07, 6.45) is 5.97. The molecule has 5 nitrogen and oxygen atoms in total. The molecule has 2 aliphatic rings. The van der Waals surface area contributed by atoms with Gasteiger partial charge in [-0.1, -0.05) is 30.3 Å². The minimum absolute atomic E-state index is 0.0644. The van der Waals surface area contributed by atoms with E-state index in [4.69, 9.17) is 5.73 Å². The largest absolute Gasteiger partial charge is 0.370 e. The average molecular weight is 357 g/mol. The van der Waals surface area contributed by atoms with Crippen LogP contribution in [0.15, 0.2) is 30.3 Å². The summed E-state index contributed by atoms with van der Waals surface area (Å²) in [4.78, 5) is 27.7. The second-order valence-corrected chi connectivity index (χ2v) is 8.35. The number of hydrogen-bond acceptors (Lipinski definition) is 3. The lowest BCUT2D eigenvalue weighted by atomic mass is 9.64. The summed E-state index contributed by atoms with van der Waals surface area (Å²) < 4.78 is 0. The Bertz CT molecular complexity index is 648. The first-order valence-corrected chi connectivity index (χ1v) is 9.66. The van der Waals surface area contributed by atoms with Gasteiger partial charge in [-0.3, -0.25) is 14.5 Å². The Morgan fingerprint density at radius 1 is 1.15 bits per heavy atom. The molecule has 2 fully saturated rings. The maximum atomic E-state index is 12.5. The Morgan fingerprint density at radius 2 is 1.81 bits per heavy atom. The second kappa shape index (κ2) is 7.39. The number of hydrogen-bond donors (Lipinski definition) is 1. The van der Waals surface area contributed by atoms with Crippen LogP contribution < -0.4 is 5.73 Å². The summed E-state index contributed by atoms with van der Waals surface area (Å²) in [6.45, 7) is 1.49. The molecule has 1 aromatic rings. The molecule has 26 heavy (non-hydrogen) atoms. The predicted octanol–water partition coefficient (Wildman–Crippen LogP) is 2.50. The molecule has 1 aliphatic carbocycles. The third-order valence-corrected chi connectivity index (χ3v) is 6.56. The zero-order chi connectivity index (χ0) is 18.8. The number of benzene rings is 1. The predicted molar refractivity (Wildman–Crippen MR) is 102 cm³/mol. The molecule has 1 saturated carbocycles. The molecule has 0 bridgehead atoms. The third kappa shape index (κ3) is 3.63. The van der Waals surface area contributed by atoms with E-state index in [-0.39, 0.29) is 22.8 Å². The quantitative estimate of drug-likeness (QED) is 0.851. The topological polar surface area (TPSA) is 66.6 Å². The lowest BCUT2D eigenvalue weighted by Crippen LogP contribution is -2.47. The van der Waals surface area contributed by atoms with E-state index in [0.717, 1.165) is 32.2 Å². The van der Waals surface area contributed by atoms with Crippen LogP contribution in [0, 0.1) is 5.41 Å². The second-order valence-electron chi connectivity index (χ2n) is 8.35. The highest BCUT2D eigenvalue weighted by Gasteiger charge is 2.49. The van der Waals surface area contributed by atoms with Crippen molar-refractivity contribution in [3.8, 4) is 0 Å². The summed E-state index contributed by atoms with van der Waals surface area (Å²) in [5, 5.41) is 0. The number of carbonyl (C=O) groups is 2. The molecule has 2 N–H and O–H groups in total. The normalized spacial score (nSPS) is 28.9. The van der Waals surface area contributed by atoms with Gasteiger partial charge in [-0.15, -0.1) is 0 Å². The number of nitrogens with zero attached hydrogens (tertiary/aromatic N) is 2. The van der Waals surface area contributed by atoms with E-state index < -0.39 is 0 Å². The standard InChI is InChI=1S/C21H31N3O2/c1-23(2)21(17-7-4-3-5-8-17)12-10-20(11-13-21)15-19(26)24(16-20)14-6-9-18(22)25/h3-5,7-8H,6,9-16H2,1-2H3,(H2,22,25)/t20-,21-. The van der Waals surface area contributed by atoms with Gasteiger partial charge < -0.3 is 10.6 Å². The molecule has 0 atom stereocenters. The van der Waals surface area contributed by atoms with Crippen LogP contribution in [0.5, 0.6) is 0 Å². The summed E-state index contributed by atoms with van der Waals surface area (Å²) >= 11 is 0. The lowest BCUT2D eigenvalue weighted by molar-refractivity contribution is -0.128. The van der Waals surface area contributed by atoms with Crippen molar-refractivity contribution in [1.29, 1.82) is 0 Å². The highest BCUT2D eigenvalue weighted by atomic mass is 16.2. The smallest absolute Gasteiger partial charge is 0.223 e. The monoisotopic (exact) mass is 357 g/mol. The summed E-state index contributed by atoms with van der Waals surface area (Å²) in [5.41, 5.74) is 6.77. The molecule has 1 spiro atoms. The molecule has 1 aromatic carbocycles. The number of likely N-dealkylation sites (tertiary alicyclic amines) is 1. The minimum Gasteiger partial charge on any atom is -0.370 e. The Morgan fingerprint density at radius 3 is 2.38 bits per heavy atom. The number of amides is 2. The van der Waals surface area contributed by atoms with Crippen LogP contribution in [-0.4, -0.2) is 48.8 Å². The number of carbonyl (C=O) groups excluding carboxylic acids is 2. The Balaban J connectivity index is 1.67. The van der Waals surface area contributed by atoms with E-state index in [1.165, 1.54) is 5.56 Å². The van der Waals surface area contributed by atoms with Crippen LogP contribution >= 0.6 is 0 Å². The highest BCUT2D eigenvalue weighted by Crippen LogP contribution is 2.52. The molecule has 5 heteroatoms. The molecule has 1 saturated heterocycles. The number of rotatable bonds is 6. The highest BCUT2D eigenvalue weighted by molar-refractivity contribution is 5.79. The van der Waals surface area contributed by atoms with Crippen LogP contribution in [0.2, 0.25) is 0 Å². The molecule has 3 rings (SSSR count). The van der Waals surface area contributed by atoms with Crippen molar-refractivity contribution >= 4 is 11.8 Å². The van der Waals surface area contributed by atoms with Crippen LogP contribution in [0.4, 0.5) is 0 Å². The Labute approximate surface area is 156 Å². The Kier molecular flexibility index (Phi) is 5.37. The fourth-order valence-corrected chi connectivity index (χ4v) is 4.90. The summed E-state index contributed by atoms with van der Waals surface area (Å²) in [6, 6.07) is 10.8. The first-order chi connectivity index (χ1) is 12.4. The molecule has 0 aromatic heterocycles. The average Bonchev–Trinajstić information content (AvgIpc) is 2.91. The van der Waals surface area contributed by atoms with Gasteiger partial charge in [-0.2, -0.15) is 0 Å². The van der Waals surface area contributed by atoms with E-state index in [9.17, 15) is 9.59 Å². The maximum Gasteiger partial charge on any atom is 0.223 e. The molecular weight excluding hydrogens is 326 g/mol. The maximum absolute atomic E-state index is 12.5. The minimum atomic E-state index is -0.289. The fraction of sp³-hybridized carbons (Fsp3) is 0.619. The van der Waals surface area contributed by atoms with Gasteiger partial charge in [0.1, 0.15) is 0 Å². The van der Waals surface area contributed by atoms with Crippen LogP contribution in [0.3, 0.4) is 0 Å². The molecule has 0 unspecified atom stereocenters. The fourth-order valence-electron chi connectivity index (χ4n) is 4.90. The van der Waals surface area contributed by atoms with Gasteiger partial charge in [0.05, 0.1) is 0 Å². The van der Waals surface area contributed by atoms with E-state index in [2.05, 4.69) is 49.3 Å². The van der Waals surface area contributed by atoms with Crippen LogP contribution in [-0.2, 0) is 15.1 Å². The van der Waals surface area contributed by atoms with Gasteiger partial charge >= 0.3 is 0 Å². The van der Waals surface area contributed by atoms with Gasteiger partial charge in [0.2, 0.25) is 11.8 Å². The van der Waals surface area contributed by atoms with Crippen LogP contribution in [0.1, 0.15) is 50.5 Å². The molecule has 2 amide bonds. The van der Waals surface area contributed by atoms with Gasteiger partial charge in [0.15, 0.2) is 0 Å². The van der Waals surface area contributed by atoms with Crippen molar-refractivity contribution in [3.05, 3.63) is 35.9 Å². The number of nitrogens with two attached hydrogens (primary N) is 1. The SMILES string of the molecule is CN(C)[C@]1(c2ccccc2)CC[C@@]2(CC1)CC(=O)N(CCCC(N)=O)C2. The zero-order valence-corrected chi connectivity index (χ0v) is 16.0. The zero-order valence-electron chi connectivity index (χ0n) is 16.0. The van der Waals surface area contributed by atoms with Crippen molar-refractivity contribution in [2.24, 2.45) is 11.1 Å². The van der Waals surface area contributed by atoms with Gasteiger partial charge in [0, 0.05) is 31.5 Å². The van der Waals surface area contributed by atoms with Gasteiger partial charge in [-0.25, -0.2) is 0 Å². The van der Waals surface area contributed by atoms with Gasteiger partial charge in [0.25, 0.3) is 0 Å². The summed E-state index contributed by atoms with van der Waals surface area (Å²) in [5.74, 6) is -0.0470. The van der Waals surface area contributed by atoms with Gasteiger partial charge in [-0.05, 0) is 57.2 Å². The van der Waals surface area contributed by atoms with Crippen molar-refractivity contribution in [2.75, 3.05) is 27.2 Å². The first kappa shape index (κ1) is 18.9. The molecule has 1 heterocycles. The number of primary amides is 1. The van der Waals surface area contributed by atoms with Crippen LogP contribution in [0.25, 0.3) is 0 Å². The molecule has 0 radical (unpaired) electrons.